The van der Waals surface area contributed by atoms with Gasteiger partial charge in [0.15, 0.2) is 5.78 Å². The lowest BCUT2D eigenvalue weighted by atomic mass is 9.84. The van der Waals surface area contributed by atoms with E-state index in [1.54, 1.807) is 29.5 Å². The van der Waals surface area contributed by atoms with E-state index in [2.05, 4.69) is 9.97 Å². The summed E-state index contributed by atoms with van der Waals surface area (Å²) >= 11 is 1.58. The molecule has 168 valence electrons. The summed E-state index contributed by atoms with van der Waals surface area (Å²) in [4.78, 5) is 33.7. The number of para-hydroxylation sites is 1. The maximum absolute atomic E-state index is 13.2. The summed E-state index contributed by atoms with van der Waals surface area (Å²) < 4.78 is 7.09. The monoisotopic (exact) mass is 460 g/mol. The van der Waals surface area contributed by atoms with Gasteiger partial charge in [-0.15, -0.1) is 11.3 Å². The average Bonchev–Trinajstić information content (AvgIpc) is 3.25. The topological polar surface area (TPSA) is 89.4 Å². The molecule has 0 aliphatic heterocycles. The molecule has 33 heavy (non-hydrogen) atoms. The van der Waals surface area contributed by atoms with E-state index in [9.17, 15) is 14.7 Å². The number of aromatic carboxylic acids is 1. The number of hydrogen-bond donors (Lipinski definition) is 1. The van der Waals surface area contributed by atoms with Gasteiger partial charge in [0, 0.05) is 17.4 Å². The second-order valence-electron chi connectivity index (χ2n) is 8.53. The Morgan fingerprint density at radius 2 is 1.82 bits per heavy atom. The quantitative estimate of drug-likeness (QED) is 0.327. The zero-order valence-electron chi connectivity index (χ0n) is 18.1. The highest BCUT2D eigenvalue weighted by Crippen LogP contribution is 2.31. The number of hydrogen-bond acceptors (Lipinski definition) is 6. The number of carboxylic acids is 1. The number of benzene rings is 2. The minimum Gasteiger partial charge on any atom is -0.486 e. The average molecular weight is 461 g/mol. The number of nitrogens with zero attached hydrogens (tertiary/aromatic N) is 2. The first kappa shape index (κ1) is 21.5. The van der Waals surface area contributed by atoms with Crippen LogP contribution >= 0.6 is 11.3 Å². The first-order valence-corrected chi connectivity index (χ1v) is 12.1. The molecule has 2 heterocycles. The summed E-state index contributed by atoms with van der Waals surface area (Å²) in [5, 5.41) is 11.0. The largest absolute Gasteiger partial charge is 0.486 e. The molecule has 4 aromatic rings. The molecule has 0 spiro atoms. The van der Waals surface area contributed by atoms with Gasteiger partial charge in [-0.3, -0.25) is 4.79 Å². The van der Waals surface area contributed by atoms with E-state index in [-0.39, 0.29) is 11.5 Å². The molecule has 0 unspecified atom stereocenters. The Morgan fingerprint density at radius 3 is 2.61 bits per heavy atom. The summed E-state index contributed by atoms with van der Waals surface area (Å²) in [6.07, 6.45) is 6.07. The molecule has 0 bridgehead atoms. The molecule has 0 radical (unpaired) electrons. The van der Waals surface area contributed by atoms with E-state index in [1.807, 2.05) is 24.3 Å². The van der Waals surface area contributed by atoms with Gasteiger partial charge in [0.25, 0.3) is 0 Å². The van der Waals surface area contributed by atoms with Gasteiger partial charge in [-0.2, -0.15) is 0 Å². The Balaban J connectivity index is 1.43. The van der Waals surface area contributed by atoms with Gasteiger partial charge in [0.2, 0.25) is 0 Å². The molecule has 7 heteroatoms. The van der Waals surface area contributed by atoms with Crippen LogP contribution in [0.4, 0.5) is 0 Å². The fraction of sp³-hybridized carbons (Fsp3) is 0.308. The van der Waals surface area contributed by atoms with Crippen molar-refractivity contribution in [1.29, 1.82) is 0 Å². The van der Waals surface area contributed by atoms with Crippen molar-refractivity contribution in [3.63, 3.8) is 0 Å². The van der Waals surface area contributed by atoms with Gasteiger partial charge in [-0.25, -0.2) is 14.8 Å². The number of carbonyl (C=O) groups excluding carboxylic acids is 1. The van der Waals surface area contributed by atoms with Crippen LogP contribution in [0.5, 0.6) is 5.75 Å². The lowest BCUT2D eigenvalue weighted by Gasteiger charge is -2.21. The fourth-order valence-electron chi connectivity index (χ4n) is 4.53. The third-order valence-corrected chi connectivity index (χ3v) is 7.21. The van der Waals surface area contributed by atoms with Gasteiger partial charge in [-0.1, -0.05) is 44.2 Å². The third-order valence-electron chi connectivity index (χ3n) is 6.20. The van der Waals surface area contributed by atoms with E-state index < -0.39 is 5.97 Å². The Morgan fingerprint density at radius 1 is 1.00 bits per heavy atom. The van der Waals surface area contributed by atoms with Crippen LogP contribution in [-0.2, 0) is 6.61 Å². The number of pyridine rings is 1. The lowest BCUT2D eigenvalue weighted by Crippen LogP contribution is -2.14. The molecule has 6 nitrogen and oxygen atoms in total. The summed E-state index contributed by atoms with van der Waals surface area (Å²) in [5.41, 5.74) is 1.72. The Labute approximate surface area is 195 Å². The summed E-state index contributed by atoms with van der Waals surface area (Å²) in [6.45, 7) is 0.316. The second-order valence-corrected chi connectivity index (χ2v) is 9.65. The maximum Gasteiger partial charge on any atom is 0.354 e. The van der Waals surface area contributed by atoms with Crippen LogP contribution < -0.4 is 4.74 Å². The van der Waals surface area contributed by atoms with Gasteiger partial charge in [0.05, 0.1) is 15.7 Å². The summed E-state index contributed by atoms with van der Waals surface area (Å²) in [5.74, 6) is -0.209. The molecule has 2 aromatic heterocycles. The van der Waals surface area contributed by atoms with Crippen molar-refractivity contribution in [3.05, 3.63) is 64.8 Å². The zero-order chi connectivity index (χ0) is 22.8. The van der Waals surface area contributed by atoms with Crippen LogP contribution in [-0.4, -0.2) is 26.8 Å². The van der Waals surface area contributed by atoms with Crippen molar-refractivity contribution < 1.29 is 19.4 Å². The highest BCUT2D eigenvalue weighted by atomic mass is 32.1. The number of fused-ring (bicyclic) bond motifs is 2. The molecule has 2 aromatic carbocycles. The number of rotatable bonds is 7. The molecule has 1 fully saturated rings. The molecule has 1 aliphatic rings. The van der Waals surface area contributed by atoms with Gasteiger partial charge < -0.3 is 9.84 Å². The zero-order valence-corrected chi connectivity index (χ0v) is 18.9. The van der Waals surface area contributed by atoms with Gasteiger partial charge >= 0.3 is 5.97 Å². The van der Waals surface area contributed by atoms with Crippen molar-refractivity contribution in [2.75, 3.05) is 0 Å². The SMILES string of the molecule is O=C(O)c1cc(C(=O)CC2CCCCC2)c2cc(OCc3nc4ccccc4s3)ccc2n1. The Kier molecular flexibility index (Phi) is 6.05. The number of carboxylic acid groups (broad SMARTS) is 1. The minimum absolute atomic E-state index is 0.0277. The van der Waals surface area contributed by atoms with Crippen LogP contribution in [0.3, 0.4) is 0 Å². The van der Waals surface area contributed by atoms with Crippen molar-refractivity contribution >= 4 is 44.2 Å². The highest BCUT2D eigenvalue weighted by molar-refractivity contribution is 7.18. The van der Waals surface area contributed by atoms with Crippen LogP contribution in [0.25, 0.3) is 21.1 Å². The first-order valence-electron chi connectivity index (χ1n) is 11.3. The smallest absolute Gasteiger partial charge is 0.354 e. The predicted octanol–water partition coefficient (Wildman–Crippen LogP) is 6.27. The predicted molar refractivity (Wildman–Crippen MR) is 128 cm³/mol. The van der Waals surface area contributed by atoms with Gasteiger partial charge in [0.1, 0.15) is 23.1 Å². The van der Waals surface area contributed by atoms with Crippen LogP contribution in [0.1, 0.15) is 64.4 Å². The van der Waals surface area contributed by atoms with E-state index in [0.29, 0.717) is 41.2 Å². The minimum atomic E-state index is -1.14. The number of carbonyl (C=O) groups is 2. The summed E-state index contributed by atoms with van der Waals surface area (Å²) in [6, 6.07) is 14.6. The molecule has 0 saturated heterocycles. The number of ketones is 1. The normalized spacial score (nSPS) is 14.5. The number of aromatic nitrogens is 2. The molecule has 0 amide bonds. The van der Waals surface area contributed by atoms with E-state index in [1.165, 1.54) is 12.5 Å². The summed E-state index contributed by atoms with van der Waals surface area (Å²) in [7, 11) is 0. The molecule has 1 N–H and O–H groups in total. The van der Waals surface area contributed by atoms with Crippen LogP contribution in [0, 0.1) is 5.92 Å². The molecule has 1 aliphatic carbocycles. The lowest BCUT2D eigenvalue weighted by molar-refractivity contribution is 0.0691. The standard InChI is InChI=1S/C26H24N2O4S/c29-23(12-16-6-2-1-3-7-16)19-14-22(26(30)31)27-20-11-10-17(13-18(19)20)32-15-25-28-21-8-4-5-9-24(21)33-25/h4-5,8-11,13-14,16H,1-3,6-7,12,15H2,(H,30,31). The van der Waals surface area contributed by atoms with Crippen molar-refractivity contribution in [3.8, 4) is 5.75 Å². The number of thiazole rings is 1. The van der Waals surface area contributed by atoms with E-state index in [4.69, 9.17) is 4.74 Å². The first-order chi connectivity index (χ1) is 16.1. The van der Waals surface area contributed by atoms with E-state index in [0.717, 1.165) is 40.9 Å². The molecule has 1 saturated carbocycles. The van der Waals surface area contributed by atoms with Crippen molar-refractivity contribution in [2.24, 2.45) is 5.92 Å². The van der Waals surface area contributed by atoms with Crippen molar-refractivity contribution in [2.45, 2.75) is 45.1 Å². The molecule has 0 atom stereocenters. The maximum atomic E-state index is 13.2. The second kappa shape index (κ2) is 9.27. The van der Waals surface area contributed by atoms with Crippen molar-refractivity contribution in [1.82, 2.24) is 9.97 Å². The number of Topliss-reactive ketones (excluding diaryl/α,β-unsaturated/α-hetero) is 1. The van der Waals surface area contributed by atoms with Crippen LogP contribution in [0.2, 0.25) is 0 Å². The third kappa shape index (κ3) is 4.73. The Bertz CT molecular complexity index is 1310. The van der Waals surface area contributed by atoms with Crippen LogP contribution in [0.15, 0.2) is 48.5 Å². The van der Waals surface area contributed by atoms with Gasteiger partial charge in [-0.05, 0) is 42.3 Å². The Hall–Kier alpha value is -3.32. The number of ether oxygens (including phenoxy) is 1. The fourth-order valence-corrected chi connectivity index (χ4v) is 5.41. The van der Waals surface area contributed by atoms with E-state index >= 15 is 0 Å². The molecule has 5 rings (SSSR count). The highest BCUT2D eigenvalue weighted by Gasteiger charge is 2.22. The molecular formula is C26H24N2O4S. The molecular weight excluding hydrogens is 436 g/mol.